The third-order valence-electron chi connectivity index (χ3n) is 5.94. The minimum atomic E-state index is 0.140. The monoisotopic (exact) mass is 367 g/mol. The van der Waals surface area contributed by atoms with E-state index >= 15 is 0 Å². The number of nitrogens with zero attached hydrogens (tertiary/aromatic N) is 5. The number of ether oxygens (including phenoxy) is 1. The molecule has 0 amide bonds. The Labute approximate surface area is 158 Å². The molecule has 2 saturated heterocycles. The molecule has 0 saturated carbocycles. The molecule has 2 aromatic heterocycles. The van der Waals surface area contributed by atoms with Crippen molar-refractivity contribution in [2.45, 2.75) is 25.4 Å². The zero-order valence-corrected chi connectivity index (χ0v) is 15.5. The van der Waals surface area contributed by atoms with Crippen molar-refractivity contribution >= 4 is 5.95 Å². The molecule has 0 spiro atoms. The van der Waals surface area contributed by atoms with Crippen molar-refractivity contribution in [3.63, 3.8) is 0 Å². The van der Waals surface area contributed by atoms with Crippen LogP contribution in [0.15, 0.2) is 35.3 Å². The van der Waals surface area contributed by atoms with Gasteiger partial charge in [0.05, 0.1) is 18.9 Å². The predicted molar refractivity (Wildman–Crippen MR) is 102 cm³/mol. The number of likely N-dealkylation sites (tertiary alicyclic amines) is 1. The number of hydrogen-bond acceptors (Lipinski definition) is 6. The van der Waals surface area contributed by atoms with Crippen molar-refractivity contribution in [2.24, 2.45) is 5.92 Å². The highest BCUT2D eigenvalue weighted by molar-refractivity contribution is 5.30. The third kappa shape index (κ3) is 3.37. The Hall–Kier alpha value is -2.25. The second-order valence-electron chi connectivity index (χ2n) is 7.84. The van der Waals surface area contributed by atoms with Crippen molar-refractivity contribution in [1.29, 1.82) is 0 Å². The molecule has 0 radical (unpaired) electrons. The molecule has 0 unspecified atom stereocenters. The highest BCUT2D eigenvalue weighted by Crippen LogP contribution is 2.35. The average Bonchev–Trinajstić information content (AvgIpc) is 2.70. The van der Waals surface area contributed by atoms with Gasteiger partial charge in [-0.05, 0) is 24.5 Å². The van der Waals surface area contributed by atoms with Crippen LogP contribution in [0.1, 0.15) is 23.7 Å². The number of anilines is 1. The number of fused-ring (bicyclic) bond motifs is 4. The number of morpholine rings is 1. The van der Waals surface area contributed by atoms with Crippen LogP contribution < -0.4 is 10.5 Å². The fraction of sp³-hybridized carbons (Fsp3) is 0.550. The summed E-state index contributed by atoms with van der Waals surface area (Å²) in [5.74, 6) is 1.79. The second-order valence-corrected chi connectivity index (χ2v) is 7.84. The Morgan fingerprint density at radius 3 is 2.89 bits per heavy atom. The Bertz CT molecular complexity index is 877. The van der Waals surface area contributed by atoms with Gasteiger partial charge in [-0.25, -0.2) is 9.97 Å². The van der Waals surface area contributed by atoms with Gasteiger partial charge in [0, 0.05) is 63.1 Å². The van der Waals surface area contributed by atoms with E-state index in [1.807, 2.05) is 22.9 Å². The Kier molecular flexibility index (Phi) is 4.41. The van der Waals surface area contributed by atoms with Crippen LogP contribution in [-0.2, 0) is 17.8 Å². The van der Waals surface area contributed by atoms with Crippen LogP contribution in [-0.4, -0.2) is 58.8 Å². The summed E-state index contributed by atoms with van der Waals surface area (Å²) in [6, 6.07) is 7.71. The largest absolute Gasteiger partial charge is 0.378 e. The molecule has 2 bridgehead atoms. The summed E-state index contributed by atoms with van der Waals surface area (Å²) in [5.41, 5.74) is 2.40. The van der Waals surface area contributed by atoms with E-state index in [-0.39, 0.29) is 5.56 Å². The van der Waals surface area contributed by atoms with Crippen LogP contribution in [0.4, 0.5) is 5.95 Å². The maximum absolute atomic E-state index is 12.2. The van der Waals surface area contributed by atoms with Crippen LogP contribution in [0.25, 0.3) is 0 Å². The van der Waals surface area contributed by atoms with Crippen molar-refractivity contribution < 1.29 is 4.74 Å². The lowest BCUT2D eigenvalue weighted by Gasteiger charge is -2.42. The summed E-state index contributed by atoms with van der Waals surface area (Å²) >= 11 is 0. The molecule has 3 aliphatic rings. The molecule has 7 nitrogen and oxygen atoms in total. The fourth-order valence-corrected chi connectivity index (χ4v) is 4.74. The first-order chi connectivity index (χ1) is 13.3. The van der Waals surface area contributed by atoms with Gasteiger partial charge in [-0.15, -0.1) is 0 Å². The van der Waals surface area contributed by atoms with Gasteiger partial charge in [-0.3, -0.25) is 9.69 Å². The Morgan fingerprint density at radius 2 is 2.00 bits per heavy atom. The minimum Gasteiger partial charge on any atom is -0.378 e. The molecule has 5 rings (SSSR count). The normalized spacial score (nSPS) is 25.3. The first-order valence-electron chi connectivity index (χ1n) is 9.83. The zero-order valence-electron chi connectivity index (χ0n) is 15.5. The summed E-state index contributed by atoms with van der Waals surface area (Å²) in [4.78, 5) is 26.1. The highest BCUT2D eigenvalue weighted by atomic mass is 16.5. The van der Waals surface area contributed by atoms with E-state index in [9.17, 15) is 4.79 Å². The van der Waals surface area contributed by atoms with E-state index in [0.717, 1.165) is 64.1 Å². The maximum atomic E-state index is 12.2. The molecule has 27 heavy (non-hydrogen) atoms. The molecule has 0 aromatic carbocycles. The molecule has 3 aliphatic heterocycles. The van der Waals surface area contributed by atoms with Crippen LogP contribution in [0.3, 0.4) is 0 Å². The van der Waals surface area contributed by atoms with Crippen molar-refractivity contribution in [3.8, 4) is 0 Å². The summed E-state index contributed by atoms with van der Waals surface area (Å²) < 4.78 is 7.41. The van der Waals surface area contributed by atoms with Gasteiger partial charge >= 0.3 is 0 Å². The Morgan fingerprint density at radius 1 is 1.11 bits per heavy atom. The lowest BCUT2D eigenvalue weighted by Crippen LogP contribution is -2.46. The molecule has 2 fully saturated rings. The SMILES string of the molecule is O=c1cccc2n1C[C@H]1C[C@@H]2CN(Cc2ccnc(N3CCOCC3)n2)C1. The van der Waals surface area contributed by atoms with E-state index in [2.05, 4.69) is 20.9 Å². The number of pyridine rings is 1. The maximum Gasteiger partial charge on any atom is 0.250 e. The molecule has 0 N–H and O–H groups in total. The summed E-state index contributed by atoms with van der Waals surface area (Å²) in [6.45, 7) is 6.86. The summed E-state index contributed by atoms with van der Waals surface area (Å²) in [6.07, 6.45) is 3.05. The first-order valence-corrected chi connectivity index (χ1v) is 9.83. The second kappa shape index (κ2) is 7.05. The molecule has 0 aliphatic carbocycles. The molecule has 2 aromatic rings. The molecule has 5 heterocycles. The van der Waals surface area contributed by atoms with Crippen molar-refractivity contribution in [1.82, 2.24) is 19.4 Å². The van der Waals surface area contributed by atoms with E-state index in [0.29, 0.717) is 11.8 Å². The minimum absolute atomic E-state index is 0.140. The van der Waals surface area contributed by atoms with Gasteiger partial charge in [0.15, 0.2) is 0 Å². The number of hydrogen-bond donors (Lipinski definition) is 0. The van der Waals surface area contributed by atoms with Gasteiger partial charge in [0.2, 0.25) is 5.95 Å². The number of rotatable bonds is 3. The molecule has 2 atom stereocenters. The molecule has 7 heteroatoms. The van der Waals surface area contributed by atoms with Gasteiger partial charge in [0.25, 0.3) is 5.56 Å². The van der Waals surface area contributed by atoms with Crippen molar-refractivity contribution in [2.75, 3.05) is 44.3 Å². The topological polar surface area (TPSA) is 63.5 Å². The highest BCUT2D eigenvalue weighted by Gasteiger charge is 2.34. The van der Waals surface area contributed by atoms with Crippen LogP contribution in [0, 0.1) is 5.92 Å². The van der Waals surface area contributed by atoms with Gasteiger partial charge in [-0.2, -0.15) is 0 Å². The quantitative estimate of drug-likeness (QED) is 0.809. The third-order valence-corrected chi connectivity index (χ3v) is 5.94. The van der Waals surface area contributed by atoms with E-state index < -0.39 is 0 Å². The smallest absolute Gasteiger partial charge is 0.250 e. The molecular weight excluding hydrogens is 342 g/mol. The summed E-state index contributed by atoms with van der Waals surface area (Å²) in [5, 5.41) is 0. The molecule has 142 valence electrons. The van der Waals surface area contributed by atoms with Gasteiger partial charge in [-0.1, -0.05) is 6.07 Å². The zero-order chi connectivity index (χ0) is 18.2. The van der Waals surface area contributed by atoms with E-state index in [1.54, 1.807) is 6.07 Å². The molecular formula is C20H25N5O2. The van der Waals surface area contributed by atoms with E-state index in [4.69, 9.17) is 9.72 Å². The van der Waals surface area contributed by atoms with Crippen LogP contribution >= 0.6 is 0 Å². The van der Waals surface area contributed by atoms with E-state index in [1.165, 1.54) is 12.1 Å². The standard InChI is InChI=1S/C20H25N5O2/c26-19-3-1-2-18-16-10-15(12-25(18)19)11-23(13-16)14-17-4-5-21-20(22-17)24-6-8-27-9-7-24/h1-5,15-16H,6-14H2/t15-,16+/m0/s1. The lowest BCUT2D eigenvalue weighted by atomic mass is 9.83. The Balaban J connectivity index is 1.32. The van der Waals surface area contributed by atoms with Crippen LogP contribution in [0.5, 0.6) is 0 Å². The summed E-state index contributed by atoms with van der Waals surface area (Å²) in [7, 11) is 0. The van der Waals surface area contributed by atoms with Crippen LogP contribution in [0.2, 0.25) is 0 Å². The predicted octanol–water partition coefficient (Wildman–Crippen LogP) is 1.09. The number of aromatic nitrogens is 3. The number of piperidine rings is 1. The van der Waals surface area contributed by atoms with Crippen molar-refractivity contribution in [3.05, 3.63) is 52.2 Å². The lowest BCUT2D eigenvalue weighted by molar-refractivity contribution is 0.113. The first kappa shape index (κ1) is 16.9. The fourth-order valence-electron chi connectivity index (χ4n) is 4.74. The average molecular weight is 367 g/mol. The van der Waals surface area contributed by atoms with Gasteiger partial charge < -0.3 is 14.2 Å². The van der Waals surface area contributed by atoms with Gasteiger partial charge in [0.1, 0.15) is 0 Å².